The zero-order valence-corrected chi connectivity index (χ0v) is 27.3. The highest BCUT2D eigenvalue weighted by atomic mass is 16.5. The van der Waals surface area contributed by atoms with Crippen LogP contribution in [0.5, 0.6) is 11.5 Å². The van der Waals surface area contributed by atoms with E-state index in [9.17, 15) is 9.90 Å². The molecular formula is C38H56O4. The summed E-state index contributed by atoms with van der Waals surface area (Å²) in [4.78, 5) is 12.7. The van der Waals surface area contributed by atoms with E-state index in [1.807, 2.05) is 5.57 Å². The molecule has 0 bridgehead atoms. The van der Waals surface area contributed by atoms with Gasteiger partial charge in [-0.1, -0.05) is 72.1 Å². The van der Waals surface area contributed by atoms with Crippen molar-refractivity contribution in [2.24, 2.45) is 52.3 Å². The Morgan fingerprint density at radius 2 is 1.76 bits per heavy atom. The van der Waals surface area contributed by atoms with E-state index in [0.29, 0.717) is 28.4 Å². The molecule has 0 saturated heterocycles. The number of esters is 1. The van der Waals surface area contributed by atoms with Crippen LogP contribution in [0.3, 0.4) is 0 Å². The first-order valence-corrected chi connectivity index (χ1v) is 16.9. The second-order valence-electron chi connectivity index (χ2n) is 15.3. The fourth-order valence-corrected chi connectivity index (χ4v) is 9.78. The van der Waals surface area contributed by atoms with Gasteiger partial charge in [0.05, 0.1) is 7.11 Å². The number of allylic oxidation sites excluding steroid dienone is 2. The van der Waals surface area contributed by atoms with Gasteiger partial charge in [0.25, 0.3) is 0 Å². The number of methoxy groups -OCH3 is 1. The van der Waals surface area contributed by atoms with Crippen molar-refractivity contribution in [2.75, 3.05) is 7.11 Å². The molecule has 232 valence electrons. The number of aromatic hydroxyl groups is 1. The fraction of sp³-hybridized carbons (Fsp3) is 0.711. The number of ether oxygens (including phenoxy) is 2. The van der Waals surface area contributed by atoms with Crippen LogP contribution in [0.1, 0.15) is 111 Å². The van der Waals surface area contributed by atoms with Crippen LogP contribution in [0.15, 0.2) is 35.9 Å². The smallest absolute Gasteiger partial charge is 0.331 e. The van der Waals surface area contributed by atoms with Gasteiger partial charge in [0.15, 0.2) is 11.5 Å². The second-order valence-corrected chi connectivity index (χ2v) is 15.3. The molecule has 1 N–H and O–H groups in total. The summed E-state index contributed by atoms with van der Waals surface area (Å²) in [5.74, 6) is 5.53. The fourth-order valence-electron chi connectivity index (χ4n) is 9.78. The number of rotatable bonds is 9. The molecule has 4 aliphatic rings. The van der Waals surface area contributed by atoms with Crippen molar-refractivity contribution in [3.8, 4) is 11.5 Å². The Kier molecular flexibility index (Phi) is 9.22. The van der Waals surface area contributed by atoms with Crippen molar-refractivity contribution in [2.45, 2.75) is 112 Å². The summed E-state index contributed by atoms with van der Waals surface area (Å²) in [6, 6.07) is 5.05. The largest absolute Gasteiger partial charge is 0.504 e. The van der Waals surface area contributed by atoms with Crippen molar-refractivity contribution in [1.82, 2.24) is 0 Å². The van der Waals surface area contributed by atoms with E-state index in [0.717, 1.165) is 60.8 Å². The number of hydrogen-bond acceptors (Lipinski definition) is 4. The maximum atomic E-state index is 12.7. The van der Waals surface area contributed by atoms with Gasteiger partial charge in [-0.2, -0.15) is 0 Å². The summed E-state index contributed by atoms with van der Waals surface area (Å²) in [6.45, 7) is 15.0. The lowest BCUT2D eigenvalue weighted by atomic mass is 9.47. The monoisotopic (exact) mass is 576 g/mol. The van der Waals surface area contributed by atoms with Gasteiger partial charge in [-0.05, 0) is 127 Å². The van der Waals surface area contributed by atoms with Gasteiger partial charge in [0.1, 0.15) is 6.10 Å². The van der Waals surface area contributed by atoms with E-state index in [4.69, 9.17) is 9.47 Å². The molecule has 1 aromatic carbocycles. The van der Waals surface area contributed by atoms with E-state index in [2.05, 4.69) is 47.6 Å². The lowest BCUT2D eigenvalue weighted by molar-refractivity contribution is -0.148. The van der Waals surface area contributed by atoms with Gasteiger partial charge in [-0.15, -0.1) is 0 Å². The molecule has 0 amide bonds. The molecule has 0 spiro atoms. The van der Waals surface area contributed by atoms with E-state index >= 15 is 0 Å². The van der Waals surface area contributed by atoms with E-state index in [1.165, 1.54) is 51.7 Å². The highest BCUT2D eigenvalue weighted by Crippen LogP contribution is 2.67. The molecule has 3 saturated carbocycles. The molecule has 0 heterocycles. The van der Waals surface area contributed by atoms with Gasteiger partial charge in [-0.3, -0.25) is 0 Å². The molecule has 1 aromatic rings. The molecule has 3 fully saturated rings. The van der Waals surface area contributed by atoms with Crippen LogP contribution >= 0.6 is 0 Å². The Morgan fingerprint density at radius 3 is 2.50 bits per heavy atom. The Labute approximate surface area is 255 Å². The average Bonchev–Trinajstić information content (AvgIpc) is 3.32. The number of hydrogen-bond donors (Lipinski definition) is 1. The predicted octanol–water partition coefficient (Wildman–Crippen LogP) is 9.61. The minimum atomic E-state index is -0.287. The number of phenols is 1. The standard InChI is InChI=1S/C38H56O4/c1-24(2)25(3)8-9-26(4)31-14-15-32-30-13-12-28-23-29(18-20-37(28,5)33(30)19-21-38(31,32)6)42-36(40)17-11-27-10-16-34(39)35(22-27)41-7/h10-11,13,16-17,22,24-26,28-29,31-33,39H,8-9,12,14-15,18-21,23H2,1-7H3/b17-11+/t25?,26-,28+,29+,31-,32?,33?,37+,38-/m1/s1. The van der Waals surface area contributed by atoms with Crippen LogP contribution in [0.4, 0.5) is 0 Å². The third-order valence-electron chi connectivity index (χ3n) is 12.9. The summed E-state index contributed by atoms with van der Waals surface area (Å²) >= 11 is 0. The molecule has 9 atom stereocenters. The van der Waals surface area contributed by atoms with Gasteiger partial charge in [0, 0.05) is 6.08 Å². The molecule has 0 aromatic heterocycles. The normalized spacial score (nSPS) is 35.6. The zero-order chi connectivity index (χ0) is 30.2. The topological polar surface area (TPSA) is 55.8 Å². The highest BCUT2D eigenvalue weighted by molar-refractivity contribution is 5.87. The van der Waals surface area contributed by atoms with Crippen molar-refractivity contribution in [3.63, 3.8) is 0 Å². The molecule has 0 aliphatic heterocycles. The van der Waals surface area contributed by atoms with Crippen LogP contribution in [0.2, 0.25) is 0 Å². The Morgan fingerprint density at radius 1 is 1.02 bits per heavy atom. The molecule has 4 heteroatoms. The molecule has 5 rings (SSSR count). The molecule has 4 nitrogen and oxygen atoms in total. The lowest BCUT2D eigenvalue weighted by Gasteiger charge is -2.58. The van der Waals surface area contributed by atoms with Gasteiger partial charge in [0.2, 0.25) is 0 Å². The third kappa shape index (κ3) is 5.93. The summed E-state index contributed by atoms with van der Waals surface area (Å²) in [7, 11) is 1.52. The predicted molar refractivity (Wildman–Crippen MR) is 171 cm³/mol. The van der Waals surface area contributed by atoms with Crippen LogP contribution < -0.4 is 4.74 Å². The summed E-state index contributed by atoms with van der Waals surface area (Å²) in [5.41, 5.74) is 3.40. The van der Waals surface area contributed by atoms with E-state index in [1.54, 1.807) is 24.3 Å². The first kappa shape index (κ1) is 31.2. The Balaban J connectivity index is 1.21. The zero-order valence-electron chi connectivity index (χ0n) is 27.3. The summed E-state index contributed by atoms with van der Waals surface area (Å²) in [6.07, 6.45) is 18.3. The molecule has 3 unspecified atom stereocenters. The number of carbonyl (C=O) groups is 1. The first-order chi connectivity index (χ1) is 20.0. The molecule has 4 aliphatic carbocycles. The van der Waals surface area contributed by atoms with E-state index in [-0.39, 0.29) is 17.8 Å². The minimum absolute atomic E-state index is 0.0108. The number of carbonyl (C=O) groups excluding carboxylic acids is 1. The third-order valence-corrected chi connectivity index (χ3v) is 12.9. The van der Waals surface area contributed by atoms with E-state index < -0.39 is 0 Å². The average molecular weight is 577 g/mol. The van der Waals surface area contributed by atoms with Gasteiger partial charge < -0.3 is 14.6 Å². The van der Waals surface area contributed by atoms with Crippen LogP contribution in [-0.4, -0.2) is 24.3 Å². The van der Waals surface area contributed by atoms with Gasteiger partial charge in [-0.25, -0.2) is 4.79 Å². The Hall–Kier alpha value is -2.23. The summed E-state index contributed by atoms with van der Waals surface area (Å²) in [5, 5.41) is 9.81. The SMILES string of the molecule is COc1cc(/C=C/C(=O)O[C@H]2CC[C@]3(C)C4CC[C@@]5(C)C(CC[C@@H]5[C@H](C)CCC(C)C(C)C)C4=CC[C@H]3C2)ccc1O. The quantitative estimate of drug-likeness (QED) is 0.181. The molecule has 42 heavy (non-hydrogen) atoms. The van der Waals surface area contributed by atoms with Crippen LogP contribution in [-0.2, 0) is 9.53 Å². The van der Waals surface area contributed by atoms with Crippen molar-refractivity contribution in [1.29, 1.82) is 0 Å². The molecular weight excluding hydrogens is 520 g/mol. The van der Waals surface area contributed by atoms with Crippen molar-refractivity contribution < 1.29 is 19.4 Å². The summed E-state index contributed by atoms with van der Waals surface area (Å²) < 4.78 is 11.2. The van der Waals surface area contributed by atoms with Gasteiger partial charge >= 0.3 is 5.97 Å². The number of fused-ring (bicyclic) bond motifs is 5. The maximum absolute atomic E-state index is 12.7. The van der Waals surface area contributed by atoms with Crippen LogP contribution in [0, 0.1) is 52.3 Å². The number of benzene rings is 1. The molecule has 0 radical (unpaired) electrons. The lowest BCUT2D eigenvalue weighted by Crippen LogP contribution is -2.50. The van der Waals surface area contributed by atoms with Crippen molar-refractivity contribution >= 4 is 12.0 Å². The van der Waals surface area contributed by atoms with Crippen LogP contribution in [0.25, 0.3) is 6.08 Å². The van der Waals surface area contributed by atoms with Crippen molar-refractivity contribution in [3.05, 3.63) is 41.5 Å². The highest BCUT2D eigenvalue weighted by Gasteiger charge is 2.58. The Bertz CT molecular complexity index is 1180. The second kappa shape index (κ2) is 12.4. The maximum Gasteiger partial charge on any atom is 0.331 e. The first-order valence-electron chi connectivity index (χ1n) is 16.9. The minimum Gasteiger partial charge on any atom is -0.504 e. The number of phenolic OH excluding ortho intramolecular Hbond substituents is 1.